The van der Waals surface area contributed by atoms with Crippen LogP contribution in [0.1, 0.15) is 68.1 Å². The van der Waals surface area contributed by atoms with Gasteiger partial charge in [0.05, 0.1) is 34.2 Å². The van der Waals surface area contributed by atoms with Crippen LogP contribution >= 0.6 is 0 Å². The van der Waals surface area contributed by atoms with Crippen molar-refractivity contribution in [2.24, 2.45) is 0 Å². The first kappa shape index (κ1) is 24.0. The van der Waals surface area contributed by atoms with Gasteiger partial charge in [-0.3, -0.25) is 4.79 Å². The van der Waals surface area contributed by atoms with Gasteiger partial charge in [-0.15, -0.1) is 0 Å². The van der Waals surface area contributed by atoms with Crippen LogP contribution in [0.25, 0.3) is 43.6 Å². The fourth-order valence-corrected chi connectivity index (χ4v) is 7.53. The van der Waals surface area contributed by atoms with E-state index in [2.05, 4.69) is 16.8 Å². The quantitative estimate of drug-likeness (QED) is 0.217. The number of fused-ring (bicyclic) bond motifs is 13. The maximum absolute atomic E-state index is 13.8. The van der Waals surface area contributed by atoms with E-state index in [0.717, 1.165) is 74.9 Å². The minimum Gasteiger partial charge on any atom is -0.463 e. The third-order valence-corrected chi connectivity index (χ3v) is 9.40. The molecule has 1 amide bonds. The van der Waals surface area contributed by atoms with E-state index in [1.165, 1.54) is 0 Å². The smallest absolute Gasteiger partial charge is 0.343 e. The van der Waals surface area contributed by atoms with Crippen molar-refractivity contribution in [3.63, 3.8) is 0 Å². The van der Waals surface area contributed by atoms with E-state index in [-0.39, 0.29) is 18.9 Å². The monoisotopic (exact) mass is 537 g/mol. The van der Waals surface area contributed by atoms with Gasteiger partial charge in [0.25, 0.3) is 5.91 Å². The molecule has 2 bridgehead atoms. The van der Waals surface area contributed by atoms with E-state index in [0.29, 0.717) is 12.1 Å². The third-order valence-electron chi connectivity index (χ3n) is 9.40. The minimum atomic E-state index is -1.93. The second-order valence-corrected chi connectivity index (χ2v) is 11.5. The zero-order valence-electron chi connectivity index (χ0n) is 22.6. The number of esters is 1. The van der Waals surface area contributed by atoms with Gasteiger partial charge in [0.15, 0.2) is 5.72 Å². The molecule has 0 aliphatic carbocycles. The number of hydrogen-bond acceptors (Lipinski definition) is 5. The van der Waals surface area contributed by atoms with Crippen LogP contribution in [0.5, 0.6) is 0 Å². The van der Waals surface area contributed by atoms with Gasteiger partial charge in [-0.25, -0.2) is 4.79 Å². The number of nitrogens with zero attached hydrogens (tertiary/aromatic N) is 2. The Kier molecular flexibility index (Phi) is 4.84. The normalized spacial score (nSPS) is 24.9. The lowest BCUT2D eigenvalue weighted by Crippen LogP contribution is -2.56. The summed E-state index contributed by atoms with van der Waals surface area (Å²) in [6.07, 6.45) is 3.28. The number of carbonyl (C=O) groups excluding carboxylic acids is 2. The first-order valence-electron chi connectivity index (χ1n) is 14.3. The Bertz CT molecular complexity index is 1920. The Morgan fingerprint density at radius 3 is 2.55 bits per heavy atom. The zero-order chi connectivity index (χ0) is 27.4. The molecular weight excluding hydrogens is 506 g/mol. The molecule has 5 heterocycles. The van der Waals surface area contributed by atoms with Crippen molar-refractivity contribution in [2.45, 2.75) is 70.1 Å². The molecule has 2 N–H and O–H groups in total. The number of nitrogens with one attached hydrogen (secondary N) is 1. The Hall–Kier alpha value is -3.88. The Labute approximate surface area is 230 Å². The highest BCUT2D eigenvalue weighted by atomic mass is 16.6. The van der Waals surface area contributed by atoms with Gasteiger partial charge >= 0.3 is 5.97 Å². The summed E-state index contributed by atoms with van der Waals surface area (Å²) < 4.78 is 16.7. The maximum atomic E-state index is 13.8. The molecular formula is C32H31N3O5. The summed E-state index contributed by atoms with van der Waals surface area (Å²) in [7, 11) is 0. The molecule has 2 aromatic heterocycles. The van der Waals surface area contributed by atoms with Gasteiger partial charge in [-0.2, -0.15) is 0 Å². The van der Waals surface area contributed by atoms with Crippen LogP contribution in [0.3, 0.4) is 0 Å². The summed E-state index contributed by atoms with van der Waals surface area (Å²) in [5, 5.41) is 19.2. The number of benzene rings is 3. The number of ether oxygens (including phenoxy) is 2. The molecule has 8 nitrogen and oxygen atoms in total. The zero-order valence-corrected chi connectivity index (χ0v) is 22.6. The average Bonchev–Trinajstić information content (AvgIpc) is 3.65. The standard InChI is InChI=1S/C32H31N3O5/c1-3-4-5-10-15-39-30(37)32(38)16-23-34-21-13-8-6-11-18(21)25-26-20(17-33-29(26)36)24-19-12-7-9-14-22(19)35(28(24)27(25)34)31(32,2)40-23/h6-9,11-14,23,38H,3-5,10,15-17H2,1-2H3,(H,33,36)/t23-,31-,32+/m0/s1. The van der Waals surface area contributed by atoms with Crippen molar-refractivity contribution in [1.29, 1.82) is 0 Å². The number of aliphatic hydroxyl groups is 1. The number of aromatic nitrogens is 2. The Balaban J connectivity index is 1.47. The molecule has 1 saturated heterocycles. The van der Waals surface area contributed by atoms with Crippen LogP contribution in [0.4, 0.5) is 0 Å². The van der Waals surface area contributed by atoms with Gasteiger partial charge in [-0.05, 0) is 31.0 Å². The van der Waals surface area contributed by atoms with Crippen LogP contribution in [-0.2, 0) is 26.5 Å². The van der Waals surface area contributed by atoms with E-state index < -0.39 is 23.5 Å². The van der Waals surface area contributed by atoms with Crippen molar-refractivity contribution in [2.75, 3.05) is 6.61 Å². The van der Waals surface area contributed by atoms with Crippen molar-refractivity contribution in [3.05, 3.63) is 59.7 Å². The van der Waals surface area contributed by atoms with E-state index in [4.69, 9.17) is 9.47 Å². The van der Waals surface area contributed by atoms with E-state index >= 15 is 0 Å². The second-order valence-electron chi connectivity index (χ2n) is 11.5. The number of amides is 1. The van der Waals surface area contributed by atoms with E-state index in [1.54, 1.807) is 6.92 Å². The molecule has 0 unspecified atom stereocenters. The largest absolute Gasteiger partial charge is 0.463 e. The van der Waals surface area contributed by atoms with Crippen LogP contribution in [-0.4, -0.2) is 38.3 Å². The molecule has 3 aliphatic heterocycles. The van der Waals surface area contributed by atoms with E-state index in [9.17, 15) is 14.7 Å². The summed E-state index contributed by atoms with van der Waals surface area (Å²) in [6.45, 7) is 4.61. The number of para-hydroxylation sites is 2. The Morgan fingerprint density at radius 2 is 1.77 bits per heavy atom. The van der Waals surface area contributed by atoms with Crippen molar-refractivity contribution in [1.82, 2.24) is 14.5 Å². The summed E-state index contributed by atoms with van der Waals surface area (Å²) in [5.41, 5.74) is 1.75. The summed E-state index contributed by atoms with van der Waals surface area (Å²) in [5.74, 6) is -0.740. The molecule has 1 fully saturated rings. The predicted molar refractivity (Wildman–Crippen MR) is 152 cm³/mol. The first-order valence-corrected chi connectivity index (χ1v) is 14.3. The first-order chi connectivity index (χ1) is 19.4. The van der Waals surface area contributed by atoms with Gasteiger partial charge in [0.2, 0.25) is 5.60 Å². The lowest BCUT2D eigenvalue weighted by molar-refractivity contribution is -0.204. The van der Waals surface area contributed by atoms with Gasteiger partial charge < -0.3 is 29.0 Å². The SMILES string of the molecule is CCCCCCOC(=O)[C@]1(O)C[C@@H]2O[C@]1(C)n1c3ccccc3c3c4c(c5c6ccccc6n2c5c31)C(=O)NC4. The highest BCUT2D eigenvalue weighted by Gasteiger charge is 2.66. The minimum absolute atomic E-state index is 0.0296. The van der Waals surface area contributed by atoms with Gasteiger partial charge in [0.1, 0.15) is 6.23 Å². The predicted octanol–water partition coefficient (Wildman–Crippen LogP) is 5.61. The molecule has 0 saturated carbocycles. The number of hydrogen-bond donors (Lipinski definition) is 2. The van der Waals surface area contributed by atoms with E-state index in [1.807, 2.05) is 53.1 Å². The average molecular weight is 538 g/mol. The van der Waals surface area contributed by atoms with Crippen LogP contribution in [0.2, 0.25) is 0 Å². The molecule has 8 heteroatoms. The second kappa shape index (κ2) is 8.08. The highest BCUT2D eigenvalue weighted by Crippen LogP contribution is 2.57. The maximum Gasteiger partial charge on any atom is 0.343 e. The Morgan fingerprint density at radius 1 is 1.05 bits per heavy atom. The molecule has 40 heavy (non-hydrogen) atoms. The summed E-state index contributed by atoms with van der Waals surface area (Å²) >= 11 is 0. The fourth-order valence-electron chi connectivity index (χ4n) is 7.53. The van der Waals surface area contributed by atoms with Crippen LogP contribution in [0, 0.1) is 0 Å². The van der Waals surface area contributed by atoms with Crippen molar-refractivity contribution < 1.29 is 24.2 Å². The van der Waals surface area contributed by atoms with Crippen LogP contribution in [0.15, 0.2) is 48.5 Å². The number of rotatable bonds is 6. The summed E-state index contributed by atoms with van der Waals surface area (Å²) in [4.78, 5) is 27.1. The van der Waals surface area contributed by atoms with Crippen molar-refractivity contribution >= 4 is 55.5 Å². The third kappa shape index (κ3) is 2.73. The molecule has 204 valence electrons. The topological polar surface area (TPSA) is 94.7 Å². The molecule has 8 rings (SSSR count). The molecule has 0 spiro atoms. The lowest BCUT2D eigenvalue weighted by atomic mass is 9.88. The molecule has 3 aromatic carbocycles. The van der Waals surface area contributed by atoms with Gasteiger partial charge in [-0.1, -0.05) is 62.6 Å². The fraction of sp³-hybridized carbons (Fsp3) is 0.375. The molecule has 3 aliphatic rings. The van der Waals surface area contributed by atoms with Crippen LogP contribution < -0.4 is 5.32 Å². The van der Waals surface area contributed by atoms with Crippen molar-refractivity contribution in [3.8, 4) is 0 Å². The highest BCUT2D eigenvalue weighted by molar-refractivity contribution is 6.31. The van der Waals surface area contributed by atoms with Gasteiger partial charge in [0, 0.05) is 34.5 Å². The summed E-state index contributed by atoms with van der Waals surface area (Å²) in [6, 6.07) is 16.0. The lowest BCUT2D eigenvalue weighted by Gasteiger charge is -2.37. The molecule has 0 radical (unpaired) electrons. The molecule has 3 atom stereocenters. The number of unbranched alkanes of at least 4 members (excludes halogenated alkanes) is 3. The number of carbonyl (C=O) groups is 2. The molecule has 5 aromatic rings.